The molecular weight excluding hydrogens is 298 g/mol. The summed E-state index contributed by atoms with van der Waals surface area (Å²) >= 11 is 0. The lowest BCUT2D eigenvalue weighted by Gasteiger charge is -2.07. The fourth-order valence-corrected chi connectivity index (χ4v) is 2.03. The van der Waals surface area contributed by atoms with Gasteiger partial charge in [-0.05, 0) is 25.3 Å². The van der Waals surface area contributed by atoms with Crippen molar-refractivity contribution in [3.05, 3.63) is 36.6 Å². The number of hydrogen-bond acceptors (Lipinski definition) is 4. The molecule has 0 amide bonds. The van der Waals surface area contributed by atoms with Crippen LogP contribution in [0.1, 0.15) is 78.0 Å². The fraction of sp³-hybridized carbons (Fsp3) is 0.550. The molecule has 0 aliphatic rings. The van der Waals surface area contributed by atoms with Crippen molar-refractivity contribution < 1.29 is 4.52 Å². The number of aromatic nitrogens is 1. The smallest absolute Gasteiger partial charge is 0.174 e. The molecule has 1 aromatic heterocycles. The van der Waals surface area contributed by atoms with E-state index >= 15 is 0 Å². The second-order valence-corrected chi connectivity index (χ2v) is 5.29. The Balaban J connectivity index is 0. The second kappa shape index (κ2) is 16.1. The number of hydrogen-bond donors (Lipinski definition) is 2. The van der Waals surface area contributed by atoms with Crippen LogP contribution >= 0.6 is 0 Å². The van der Waals surface area contributed by atoms with Crippen LogP contribution in [0.15, 0.2) is 29.8 Å². The molecular formula is C20H37N3O. The molecule has 1 aromatic rings. The Bertz CT molecular complexity index is 475. The monoisotopic (exact) mass is 335 g/mol. The minimum absolute atomic E-state index is 0.363. The summed E-state index contributed by atoms with van der Waals surface area (Å²) in [6, 6.07) is 0.468. The molecule has 0 bridgehead atoms. The van der Waals surface area contributed by atoms with Crippen molar-refractivity contribution in [1.29, 1.82) is 0 Å². The van der Waals surface area contributed by atoms with Gasteiger partial charge in [-0.15, -0.1) is 0 Å². The van der Waals surface area contributed by atoms with Gasteiger partial charge in [0.2, 0.25) is 0 Å². The van der Waals surface area contributed by atoms with Gasteiger partial charge in [-0.1, -0.05) is 83.5 Å². The van der Waals surface area contributed by atoms with Crippen LogP contribution in [0, 0.1) is 0 Å². The molecule has 138 valence electrons. The van der Waals surface area contributed by atoms with E-state index in [-0.39, 0.29) is 0 Å². The van der Waals surface area contributed by atoms with Crippen molar-refractivity contribution in [3.63, 3.8) is 0 Å². The van der Waals surface area contributed by atoms with Gasteiger partial charge in [0.05, 0.1) is 5.56 Å². The molecule has 1 rings (SSSR count). The Kier molecular flexibility index (Phi) is 16.4. The molecule has 0 aliphatic heterocycles. The molecule has 1 atom stereocenters. The number of nitrogen functional groups attached to an aromatic ring is 1. The Morgan fingerprint density at radius 1 is 1.21 bits per heavy atom. The molecule has 1 heterocycles. The summed E-state index contributed by atoms with van der Waals surface area (Å²) in [4.78, 5) is 0. The van der Waals surface area contributed by atoms with Crippen LogP contribution in [-0.2, 0) is 0 Å². The van der Waals surface area contributed by atoms with Crippen molar-refractivity contribution >= 4 is 17.5 Å². The largest absolute Gasteiger partial charge is 0.380 e. The number of nitrogens with two attached hydrogens (primary N) is 2. The SMILES string of the molecule is C=C/C=C(/C)c1onc(N)c1C=C.CC.CCCCC(N)CCC. The molecule has 4 nitrogen and oxygen atoms in total. The number of rotatable bonds is 8. The molecule has 0 radical (unpaired) electrons. The van der Waals surface area contributed by atoms with Crippen LogP contribution < -0.4 is 11.5 Å². The molecule has 4 heteroatoms. The fourth-order valence-electron chi connectivity index (χ4n) is 2.03. The van der Waals surface area contributed by atoms with E-state index in [1.165, 1.54) is 32.1 Å². The van der Waals surface area contributed by atoms with Crippen LogP contribution in [0.25, 0.3) is 11.6 Å². The molecule has 0 fully saturated rings. The predicted octanol–water partition coefficient (Wildman–Crippen LogP) is 5.82. The summed E-state index contributed by atoms with van der Waals surface area (Å²) in [6.07, 6.45) is 11.3. The quantitative estimate of drug-likeness (QED) is 0.587. The summed E-state index contributed by atoms with van der Waals surface area (Å²) in [5.41, 5.74) is 13.0. The van der Waals surface area contributed by atoms with Gasteiger partial charge < -0.3 is 16.0 Å². The van der Waals surface area contributed by atoms with Crippen LogP contribution in [0.2, 0.25) is 0 Å². The zero-order valence-corrected chi connectivity index (χ0v) is 16.3. The minimum Gasteiger partial charge on any atom is -0.380 e. The number of anilines is 1. The normalized spacial score (nSPS) is 11.5. The zero-order chi connectivity index (χ0) is 19.0. The maximum Gasteiger partial charge on any atom is 0.174 e. The van der Waals surface area contributed by atoms with Gasteiger partial charge >= 0.3 is 0 Å². The zero-order valence-electron chi connectivity index (χ0n) is 16.3. The van der Waals surface area contributed by atoms with Crippen molar-refractivity contribution in [3.8, 4) is 0 Å². The molecule has 0 saturated carbocycles. The standard InChI is InChI=1S/C10H12N2O.C8H19N.C2H6/c1-4-6-7(3)9-8(5-2)10(11)12-13-9;1-3-5-7-8(9)6-4-2;1-2/h4-6H,1-2H2,3H3,(H2,11,12);8H,3-7,9H2,1-2H3;1-2H3/b7-6-;;. The summed E-state index contributed by atoms with van der Waals surface area (Å²) in [5, 5.41) is 3.65. The first-order valence-corrected chi connectivity index (χ1v) is 8.94. The first-order chi connectivity index (χ1) is 11.5. The van der Waals surface area contributed by atoms with Crippen molar-refractivity contribution in [1.82, 2.24) is 5.16 Å². The molecule has 0 saturated heterocycles. The van der Waals surface area contributed by atoms with E-state index in [1.54, 1.807) is 12.2 Å². The van der Waals surface area contributed by atoms with E-state index in [1.807, 2.05) is 26.8 Å². The maximum atomic E-state index is 5.77. The molecule has 0 aromatic carbocycles. The van der Waals surface area contributed by atoms with Crippen LogP contribution in [0.3, 0.4) is 0 Å². The lowest BCUT2D eigenvalue weighted by molar-refractivity contribution is 0.413. The lowest BCUT2D eigenvalue weighted by atomic mass is 10.1. The molecule has 1 unspecified atom stereocenters. The highest BCUT2D eigenvalue weighted by molar-refractivity contribution is 5.74. The lowest BCUT2D eigenvalue weighted by Crippen LogP contribution is -2.18. The van der Waals surface area contributed by atoms with Gasteiger partial charge in [-0.25, -0.2) is 0 Å². The molecule has 0 aliphatic carbocycles. The Morgan fingerprint density at radius 2 is 1.83 bits per heavy atom. The Hall–Kier alpha value is -1.81. The van der Waals surface area contributed by atoms with Crippen molar-refractivity contribution in [2.24, 2.45) is 5.73 Å². The van der Waals surface area contributed by atoms with E-state index in [0.29, 0.717) is 17.6 Å². The van der Waals surface area contributed by atoms with E-state index in [2.05, 4.69) is 32.2 Å². The van der Waals surface area contributed by atoms with Crippen molar-refractivity contribution in [2.75, 3.05) is 5.73 Å². The van der Waals surface area contributed by atoms with Gasteiger partial charge in [-0.3, -0.25) is 0 Å². The first kappa shape index (κ1) is 24.4. The van der Waals surface area contributed by atoms with Gasteiger partial charge in [0.15, 0.2) is 11.6 Å². The van der Waals surface area contributed by atoms with E-state index in [4.69, 9.17) is 16.0 Å². The summed E-state index contributed by atoms with van der Waals surface area (Å²) in [7, 11) is 0. The van der Waals surface area contributed by atoms with Crippen LogP contribution in [-0.4, -0.2) is 11.2 Å². The third-order valence-corrected chi connectivity index (χ3v) is 3.27. The van der Waals surface area contributed by atoms with Gasteiger partial charge in [0.25, 0.3) is 0 Å². The van der Waals surface area contributed by atoms with Gasteiger partial charge in [0, 0.05) is 6.04 Å². The summed E-state index contributed by atoms with van der Waals surface area (Å²) < 4.78 is 5.04. The highest BCUT2D eigenvalue weighted by Gasteiger charge is 2.11. The van der Waals surface area contributed by atoms with E-state index in [0.717, 1.165) is 11.1 Å². The third-order valence-electron chi connectivity index (χ3n) is 3.27. The topological polar surface area (TPSA) is 78.1 Å². The Morgan fingerprint density at radius 3 is 2.29 bits per heavy atom. The number of allylic oxidation sites excluding steroid dienone is 3. The number of unbranched alkanes of at least 4 members (excludes halogenated alkanes) is 1. The first-order valence-electron chi connectivity index (χ1n) is 8.94. The van der Waals surface area contributed by atoms with E-state index in [9.17, 15) is 0 Å². The van der Waals surface area contributed by atoms with Crippen LogP contribution in [0.4, 0.5) is 5.82 Å². The Labute approximate surface area is 148 Å². The second-order valence-electron chi connectivity index (χ2n) is 5.29. The summed E-state index contributed by atoms with van der Waals surface area (Å²) in [6.45, 7) is 17.5. The molecule has 24 heavy (non-hydrogen) atoms. The number of nitrogens with zero attached hydrogens (tertiary/aromatic N) is 1. The van der Waals surface area contributed by atoms with E-state index < -0.39 is 0 Å². The molecule has 4 N–H and O–H groups in total. The highest BCUT2D eigenvalue weighted by Crippen LogP contribution is 2.24. The van der Waals surface area contributed by atoms with Gasteiger partial charge in [0.1, 0.15) is 0 Å². The minimum atomic E-state index is 0.363. The highest BCUT2D eigenvalue weighted by atomic mass is 16.5. The third kappa shape index (κ3) is 10.1. The predicted molar refractivity (Wildman–Crippen MR) is 109 cm³/mol. The van der Waals surface area contributed by atoms with Gasteiger partial charge in [-0.2, -0.15) is 0 Å². The average molecular weight is 336 g/mol. The van der Waals surface area contributed by atoms with Crippen molar-refractivity contribution in [2.45, 2.75) is 72.8 Å². The van der Waals surface area contributed by atoms with Crippen LogP contribution in [0.5, 0.6) is 0 Å². The average Bonchev–Trinajstić information content (AvgIpc) is 2.96. The summed E-state index contributed by atoms with van der Waals surface area (Å²) in [5.74, 6) is 1.01. The molecule has 0 spiro atoms. The maximum absolute atomic E-state index is 5.77.